The molecule has 6 rings (SSSR count). The van der Waals surface area contributed by atoms with Crippen molar-refractivity contribution in [3.63, 3.8) is 0 Å². The summed E-state index contributed by atoms with van der Waals surface area (Å²) in [6, 6.07) is 3.81. The summed E-state index contributed by atoms with van der Waals surface area (Å²) >= 11 is 0. The second kappa shape index (κ2) is 3.20. The van der Waals surface area contributed by atoms with E-state index in [4.69, 9.17) is 9.47 Å². The third kappa shape index (κ3) is 1.19. The lowest BCUT2D eigenvalue weighted by atomic mass is 9.70. The highest BCUT2D eigenvalue weighted by molar-refractivity contribution is 5.55. The Morgan fingerprint density at radius 1 is 1.00 bits per heavy atom. The minimum absolute atomic E-state index is 0.235. The maximum atomic E-state index is 10.4. The van der Waals surface area contributed by atoms with Gasteiger partial charge in [-0.2, -0.15) is 0 Å². The third-order valence-corrected chi connectivity index (χ3v) is 6.02. The number of benzene rings is 1. The van der Waals surface area contributed by atoms with Crippen LogP contribution in [0.4, 0.5) is 0 Å². The maximum Gasteiger partial charge on any atom is 0.231 e. The monoisotopic (exact) mass is 258 g/mol. The molecule has 1 heterocycles. The number of fused-ring (bicyclic) bond motifs is 1. The van der Waals surface area contributed by atoms with Crippen molar-refractivity contribution in [3.05, 3.63) is 17.7 Å². The number of phenolic OH excluding ortho intramolecular Hbond substituents is 1. The largest absolute Gasteiger partial charge is 0.508 e. The molecule has 100 valence electrons. The van der Waals surface area contributed by atoms with Gasteiger partial charge in [0.1, 0.15) is 5.75 Å². The zero-order valence-corrected chi connectivity index (χ0v) is 10.9. The Hall–Kier alpha value is -1.38. The average Bonchev–Trinajstić information content (AvgIpc) is 2.98. The van der Waals surface area contributed by atoms with E-state index in [1.807, 2.05) is 0 Å². The van der Waals surface area contributed by atoms with Gasteiger partial charge in [-0.25, -0.2) is 0 Å². The molecule has 0 saturated heterocycles. The van der Waals surface area contributed by atoms with Crippen molar-refractivity contribution in [2.24, 2.45) is 17.8 Å². The summed E-state index contributed by atoms with van der Waals surface area (Å²) in [5.74, 6) is 4.48. The number of hydrogen-bond acceptors (Lipinski definition) is 3. The van der Waals surface area contributed by atoms with E-state index in [0.717, 1.165) is 29.1 Å². The van der Waals surface area contributed by atoms with Gasteiger partial charge in [-0.05, 0) is 55.9 Å². The molecule has 3 heteroatoms. The van der Waals surface area contributed by atoms with Gasteiger partial charge in [0.2, 0.25) is 6.79 Å². The quantitative estimate of drug-likeness (QED) is 0.840. The smallest absolute Gasteiger partial charge is 0.231 e. The Morgan fingerprint density at radius 3 is 2.42 bits per heavy atom. The molecule has 0 radical (unpaired) electrons. The van der Waals surface area contributed by atoms with Gasteiger partial charge < -0.3 is 14.6 Å². The summed E-state index contributed by atoms with van der Waals surface area (Å²) in [5.41, 5.74) is 1.37. The van der Waals surface area contributed by atoms with Gasteiger partial charge in [0.15, 0.2) is 11.5 Å². The lowest BCUT2D eigenvalue weighted by Crippen LogP contribution is -2.27. The summed E-state index contributed by atoms with van der Waals surface area (Å²) in [6.07, 6.45) is 6.68. The molecule has 1 N–H and O–H groups in total. The molecule has 5 aliphatic rings. The highest BCUT2D eigenvalue weighted by Gasteiger charge is 2.59. The van der Waals surface area contributed by atoms with Crippen molar-refractivity contribution >= 4 is 0 Å². The first kappa shape index (κ1) is 10.4. The molecule has 1 aromatic rings. The number of hydrogen-bond donors (Lipinski definition) is 1. The lowest BCUT2D eigenvalue weighted by molar-refractivity contribution is 0.173. The van der Waals surface area contributed by atoms with Crippen LogP contribution in [0.1, 0.15) is 37.7 Å². The van der Waals surface area contributed by atoms with Gasteiger partial charge in [-0.15, -0.1) is 0 Å². The fourth-order valence-electron chi connectivity index (χ4n) is 5.57. The van der Waals surface area contributed by atoms with Crippen LogP contribution >= 0.6 is 0 Å². The second-order valence-corrected chi connectivity index (χ2v) is 6.92. The summed E-state index contributed by atoms with van der Waals surface area (Å²) in [4.78, 5) is 0. The minimum atomic E-state index is 0.235. The zero-order valence-electron chi connectivity index (χ0n) is 10.9. The normalized spacial score (nSPS) is 41.2. The molecule has 4 fully saturated rings. The van der Waals surface area contributed by atoms with Gasteiger partial charge in [0, 0.05) is 17.0 Å². The van der Waals surface area contributed by atoms with E-state index in [-0.39, 0.29) is 12.2 Å². The molecule has 19 heavy (non-hydrogen) atoms. The summed E-state index contributed by atoms with van der Waals surface area (Å²) in [5, 5.41) is 10.4. The van der Waals surface area contributed by atoms with Crippen LogP contribution in [-0.4, -0.2) is 11.9 Å². The van der Waals surface area contributed by atoms with E-state index in [1.54, 1.807) is 6.07 Å². The molecule has 2 unspecified atom stereocenters. The average molecular weight is 258 g/mol. The van der Waals surface area contributed by atoms with E-state index in [2.05, 4.69) is 6.07 Å². The van der Waals surface area contributed by atoms with Gasteiger partial charge >= 0.3 is 0 Å². The van der Waals surface area contributed by atoms with Crippen molar-refractivity contribution in [3.8, 4) is 17.2 Å². The predicted octanol–water partition coefficient (Wildman–Crippen LogP) is 3.20. The van der Waals surface area contributed by atoms with Gasteiger partial charge in [-0.1, -0.05) is 0 Å². The maximum absolute atomic E-state index is 10.4. The second-order valence-electron chi connectivity index (χ2n) is 6.92. The molecular formula is C16H18O3. The van der Waals surface area contributed by atoms with Crippen LogP contribution in [0.15, 0.2) is 12.1 Å². The van der Waals surface area contributed by atoms with Gasteiger partial charge in [0.05, 0.1) is 0 Å². The standard InChI is InChI=1S/C16H18O3/c17-13-5-15-14(18-8-19-15)4-12(13)16-6-9-1-10(7-16)3-11(16)2-9/h4-5,9-11,17H,1-3,6-8H2. The highest BCUT2D eigenvalue weighted by Crippen LogP contribution is 2.67. The van der Waals surface area contributed by atoms with E-state index >= 15 is 0 Å². The molecule has 4 saturated carbocycles. The number of rotatable bonds is 1. The van der Waals surface area contributed by atoms with Crippen LogP contribution < -0.4 is 9.47 Å². The predicted molar refractivity (Wildman–Crippen MR) is 69.5 cm³/mol. The van der Waals surface area contributed by atoms with Gasteiger partial charge in [0.25, 0.3) is 0 Å². The SMILES string of the molecule is Oc1cc2c(cc1C13CC4CC(CC1C4)C3)OCO2. The fourth-order valence-corrected chi connectivity index (χ4v) is 5.57. The lowest BCUT2D eigenvalue weighted by Gasteiger charge is -2.34. The first-order chi connectivity index (χ1) is 9.24. The first-order valence-electron chi connectivity index (χ1n) is 7.38. The molecule has 0 amide bonds. The van der Waals surface area contributed by atoms with E-state index in [1.165, 1.54) is 32.1 Å². The van der Waals surface area contributed by atoms with Crippen LogP contribution in [-0.2, 0) is 5.41 Å². The summed E-state index contributed by atoms with van der Waals surface area (Å²) in [7, 11) is 0. The van der Waals surface area contributed by atoms with Crippen molar-refractivity contribution < 1.29 is 14.6 Å². The zero-order chi connectivity index (χ0) is 12.6. The van der Waals surface area contributed by atoms with Crippen molar-refractivity contribution in [1.82, 2.24) is 0 Å². The molecule has 0 aromatic heterocycles. The molecule has 0 spiro atoms. The molecular weight excluding hydrogens is 240 g/mol. The summed E-state index contributed by atoms with van der Waals surface area (Å²) in [6.45, 7) is 0.278. The van der Waals surface area contributed by atoms with Crippen molar-refractivity contribution in [1.29, 1.82) is 0 Å². The van der Waals surface area contributed by atoms with E-state index in [9.17, 15) is 5.11 Å². The number of aromatic hydroxyl groups is 1. The molecule has 1 aromatic carbocycles. The molecule has 4 bridgehead atoms. The minimum Gasteiger partial charge on any atom is -0.508 e. The number of ether oxygens (including phenoxy) is 2. The molecule has 2 atom stereocenters. The third-order valence-electron chi connectivity index (χ3n) is 6.02. The first-order valence-corrected chi connectivity index (χ1v) is 7.38. The molecule has 3 nitrogen and oxygen atoms in total. The van der Waals surface area contributed by atoms with E-state index in [0.29, 0.717) is 11.5 Å². The fraction of sp³-hybridized carbons (Fsp3) is 0.625. The number of phenols is 1. The Balaban J connectivity index is 1.67. The molecule has 4 aliphatic carbocycles. The Labute approximate surface area is 112 Å². The van der Waals surface area contributed by atoms with E-state index < -0.39 is 0 Å². The van der Waals surface area contributed by atoms with Crippen LogP contribution in [0, 0.1) is 17.8 Å². The Morgan fingerprint density at radius 2 is 1.68 bits per heavy atom. The summed E-state index contributed by atoms with van der Waals surface area (Å²) < 4.78 is 10.9. The van der Waals surface area contributed by atoms with Crippen LogP contribution in [0.5, 0.6) is 17.2 Å². The van der Waals surface area contributed by atoms with Gasteiger partial charge in [-0.3, -0.25) is 0 Å². The van der Waals surface area contributed by atoms with Crippen LogP contribution in [0.25, 0.3) is 0 Å². The van der Waals surface area contributed by atoms with Crippen LogP contribution in [0.2, 0.25) is 0 Å². The molecule has 1 aliphatic heterocycles. The Kier molecular flexibility index (Phi) is 1.75. The van der Waals surface area contributed by atoms with Crippen LogP contribution in [0.3, 0.4) is 0 Å². The topological polar surface area (TPSA) is 38.7 Å². The highest BCUT2D eigenvalue weighted by atomic mass is 16.7. The van der Waals surface area contributed by atoms with Crippen molar-refractivity contribution in [2.45, 2.75) is 37.5 Å². The Bertz CT molecular complexity index is 551. The van der Waals surface area contributed by atoms with Crippen molar-refractivity contribution in [2.75, 3.05) is 6.79 Å².